The fraction of sp³-hybridized carbons (Fsp3) is 0.125. The van der Waals surface area contributed by atoms with E-state index >= 15 is 0 Å². The molecule has 0 aliphatic carbocycles. The highest BCUT2D eigenvalue weighted by Crippen LogP contribution is 2.26. The summed E-state index contributed by atoms with van der Waals surface area (Å²) in [5.41, 5.74) is 2.73. The van der Waals surface area contributed by atoms with Crippen molar-refractivity contribution in [1.29, 1.82) is 0 Å². The molecule has 0 radical (unpaired) electrons. The van der Waals surface area contributed by atoms with E-state index in [2.05, 4.69) is 4.98 Å². The first kappa shape index (κ1) is 15.1. The number of halogens is 1. The summed E-state index contributed by atoms with van der Waals surface area (Å²) in [6, 6.07) is 13.8. The summed E-state index contributed by atoms with van der Waals surface area (Å²) in [7, 11) is 0. The summed E-state index contributed by atoms with van der Waals surface area (Å²) in [4.78, 5) is 15.5. The van der Waals surface area contributed by atoms with Gasteiger partial charge in [-0.25, -0.2) is 4.79 Å². The molecule has 2 heterocycles. The van der Waals surface area contributed by atoms with Gasteiger partial charge in [0.2, 0.25) is 0 Å². The van der Waals surface area contributed by atoms with Gasteiger partial charge < -0.3 is 9.67 Å². The Bertz CT molecular complexity index is 768. The van der Waals surface area contributed by atoms with Crippen molar-refractivity contribution in [3.8, 4) is 0 Å². The number of aromatic nitrogens is 2. The van der Waals surface area contributed by atoms with Gasteiger partial charge >= 0.3 is 5.97 Å². The molecule has 0 spiro atoms. The Morgan fingerprint density at radius 1 is 1.19 bits per heavy atom. The van der Waals surface area contributed by atoms with E-state index in [1.165, 1.54) is 0 Å². The number of fused-ring (bicyclic) bond motifs is 1. The lowest BCUT2D eigenvalue weighted by atomic mass is 10.1. The standard InChI is InChI=1S/C16H14N2O2.ClH/c1-11(12-6-3-2-4-7-12)18-10-13(16(19)20)15-14(18)8-5-9-17-15;/h2-11H,1H3,(H,19,20);1H. The number of carboxylic acids is 1. The van der Waals surface area contributed by atoms with Crippen molar-refractivity contribution in [1.82, 2.24) is 9.55 Å². The lowest BCUT2D eigenvalue weighted by Crippen LogP contribution is -2.05. The lowest BCUT2D eigenvalue weighted by Gasteiger charge is -2.15. The topological polar surface area (TPSA) is 55.1 Å². The maximum atomic E-state index is 11.3. The number of hydrogen-bond acceptors (Lipinski definition) is 2. The number of pyridine rings is 1. The zero-order valence-electron chi connectivity index (χ0n) is 11.4. The predicted molar refractivity (Wildman–Crippen MR) is 84.2 cm³/mol. The number of aromatic carboxylic acids is 1. The molecule has 2 aromatic heterocycles. The molecule has 0 saturated carbocycles. The molecule has 0 amide bonds. The van der Waals surface area contributed by atoms with Crippen LogP contribution in [-0.2, 0) is 0 Å². The van der Waals surface area contributed by atoms with Crippen LogP contribution in [0.4, 0.5) is 0 Å². The zero-order valence-corrected chi connectivity index (χ0v) is 12.2. The molecule has 1 unspecified atom stereocenters. The third-order valence-electron chi connectivity index (χ3n) is 3.52. The van der Waals surface area contributed by atoms with Gasteiger partial charge in [0.05, 0.1) is 11.6 Å². The largest absolute Gasteiger partial charge is 0.478 e. The van der Waals surface area contributed by atoms with E-state index in [0.29, 0.717) is 5.52 Å². The van der Waals surface area contributed by atoms with Gasteiger partial charge in [0.15, 0.2) is 0 Å². The fourth-order valence-corrected chi connectivity index (χ4v) is 2.45. The molecular weight excluding hydrogens is 288 g/mol. The summed E-state index contributed by atoms with van der Waals surface area (Å²) in [5.74, 6) is -0.951. The molecule has 0 aliphatic rings. The van der Waals surface area contributed by atoms with E-state index in [9.17, 15) is 9.90 Å². The average molecular weight is 303 g/mol. The first-order valence-electron chi connectivity index (χ1n) is 6.42. The molecule has 21 heavy (non-hydrogen) atoms. The van der Waals surface area contributed by atoms with Crippen LogP contribution in [0.1, 0.15) is 28.9 Å². The van der Waals surface area contributed by atoms with Gasteiger partial charge in [0, 0.05) is 12.4 Å². The summed E-state index contributed by atoms with van der Waals surface area (Å²) in [5, 5.41) is 9.30. The second-order valence-corrected chi connectivity index (χ2v) is 4.71. The number of carboxylic acid groups (broad SMARTS) is 1. The zero-order chi connectivity index (χ0) is 14.1. The van der Waals surface area contributed by atoms with Crippen LogP contribution in [0, 0.1) is 0 Å². The first-order chi connectivity index (χ1) is 9.68. The number of carbonyl (C=O) groups is 1. The second kappa shape index (κ2) is 5.97. The Kier molecular flexibility index (Phi) is 4.29. The molecule has 4 nitrogen and oxygen atoms in total. The first-order valence-corrected chi connectivity index (χ1v) is 6.42. The average Bonchev–Trinajstić information content (AvgIpc) is 2.87. The van der Waals surface area contributed by atoms with Gasteiger partial charge in [-0.2, -0.15) is 0 Å². The van der Waals surface area contributed by atoms with E-state index in [0.717, 1.165) is 11.1 Å². The molecule has 1 aromatic carbocycles. The van der Waals surface area contributed by atoms with Crippen LogP contribution in [0.25, 0.3) is 11.0 Å². The van der Waals surface area contributed by atoms with Crippen LogP contribution in [0.5, 0.6) is 0 Å². The molecule has 0 saturated heterocycles. The minimum atomic E-state index is -0.951. The van der Waals surface area contributed by atoms with Crippen LogP contribution in [-0.4, -0.2) is 20.6 Å². The molecule has 0 aliphatic heterocycles. The van der Waals surface area contributed by atoms with Crippen molar-refractivity contribution in [2.75, 3.05) is 0 Å². The molecule has 5 heteroatoms. The molecule has 3 aromatic rings. The quantitative estimate of drug-likeness (QED) is 0.801. The minimum absolute atomic E-state index is 0. The molecule has 3 rings (SSSR count). The highest BCUT2D eigenvalue weighted by Gasteiger charge is 2.18. The number of hydrogen-bond donors (Lipinski definition) is 1. The molecule has 0 fully saturated rings. The van der Waals surface area contributed by atoms with Crippen molar-refractivity contribution in [2.45, 2.75) is 13.0 Å². The molecule has 1 atom stereocenters. The smallest absolute Gasteiger partial charge is 0.339 e. The van der Waals surface area contributed by atoms with Crippen molar-refractivity contribution in [3.05, 3.63) is 66.0 Å². The second-order valence-electron chi connectivity index (χ2n) is 4.71. The summed E-state index contributed by atoms with van der Waals surface area (Å²) < 4.78 is 1.96. The van der Waals surface area contributed by atoms with Crippen LogP contribution >= 0.6 is 12.4 Å². The van der Waals surface area contributed by atoms with E-state index in [4.69, 9.17) is 0 Å². The normalized spacial score (nSPS) is 11.9. The molecular formula is C16H15ClN2O2. The Morgan fingerprint density at radius 2 is 1.90 bits per heavy atom. The summed E-state index contributed by atoms with van der Waals surface area (Å²) in [6.45, 7) is 2.05. The monoisotopic (exact) mass is 302 g/mol. The Labute approximate surface area is 128 Å². The summed E-state index contributed by atoms with van der Waals surface area (Å²) >= 11 is 0. The van der Waals surface area contributed by atoms with Crippen molar-refractivity contribution in [3.63, 3.8) is 0 Å². The third kappa shape index (κ3) is 2.62. The third-order valence-corrected chi connectivity index (χ3v) is 3.52. The van der Waals surface area contributed by atoms with Crippen LogP contribution in [0.3, 0.4) is 0 Å². The Balaban J connectivity index is 0.00000161. The number of rotatable bonds is 3. The SMILES string of the molecule is CC(c1ccccc1)n1cc(C(=O)O)c2ncccc21.Cl. The lowest BCUT2D eigenvalue weighted by molar-refractivity contribution is 0.0698. The maximum Gasteiger partial charge on any atom is 0.339 e. The highest BCUT2D eigenvalue weighted by atomic mass is 35.5. The van der Waals surface area contributed by atoms with Crippen LogP contribution < -0.4 is 0 Å². The van der Waals surface area contributed by atoms with E-state index < -0.39 is 5.97 Å². The van der Waals surface area contributed by atoms with Crippen molar-refractivity contribution >= 4 is 29.4 Å². The van der Waals surface area contributed by atoms with Crippen LogP contribution in [0.15, 0.2) is 54.9 Å². The van der Waals surface area contributed by atoms with Gasteiger partial charge in [0.25, 0.3) is 0 Å². The molecule has 1 N–H and O–H groups in total. The summed E-state index contributed by atoms with van der Waals surface area (Å²) in [6.07, 6.45) is 3.28. The number of nitrogens with zero attached hydrogens (tertiary/aromatic N) is 2. The molecule has 108 valence electrons. The van der Waals surface area contributed by atoms with Crippen LogP contribution in [0.2, 0.25) is 0 Å². The maximum absolute atomic E-state index is 11.3. The fourth-order valence-electron chi connectivity index (χ4n) is 2.45. The van der Waals surface area contributed by atoms with Crippen molar-refractivity contribution in [2.24, 2.45) is 0 Å². The Morgan fingerprint density at radius 3 is 2.57 bits per heavy atom. The van der Waals surface area contributed by atoms with Crippen molar-refractivity contribution < 1.29 is 9.90 Å². The van der Waals surface area contributed by atoms with Gasteiger partial charge in [-0.1, -0.05) is 30.3 Å². The predicted octanol–water partition coefficient (Wildman–Crippen LogP) is 3.77. The highest BCUT2D eigenvalue weighted by molar-refractivity contribution is 6.01. The van der Waals surface area contributed by atoms with E-state index in [-0.39, 0.29) is 24.0 Å². The number of benzene rings is 1. The van der Waals surface area contributed by atoms with E-state index in [1.54, 1.807) is 12.4 Å². The van der Waals surface area contributed by atoms with Gasteiger partial charge in [-0.3, -0.25) is 4.98 Å². The molecule has 0 bridgehead atoms. The van der Waals surface area contributed by atoms with Gasteiger partial charge in [0.1, 0.15) is 11.1 Å². The minimum Gasteiger partial charge on any atom is -0.478 e. The Hall–Kier alpha value is -2.33. The van der Waals surface area contributed by atoms with Gasteiger partial charge in [-0.15, -0.1) is 12.4 Å². The van der Waals surface area contributed by atoms with E-state index in [1.807, 2.05) is 54.0 Å². The van der Waals surface area contributed by atoms with Gasteiger partial charge in [-0.05, 0) is 24.6 Å².